The van der Waals surface area contributed by atoms with Gasteiger partial charge in [0.05, 0.1) is 0 Å². The molecular weight excluding hydrogens is 444 g/mol. The Balaban J connectivity index is 2.00. The molecule has 0 aliphatic carbocycles. The van der Waals surface area contributed by atoms with Gasteiger partial charge >= 0.3 is 84.9 Å². The van der Waals surface area contributed by atoms with E-state index in [9.17, 15) is 0 Å². The van der Waals surface area contributed by atoms with Crippen molar-refractivity contribution in [2.24, 2.45) is 0 Å². The molecule has 0 saturated carbocycles. The van der Waals surface area contributed by atoms with Crippen LogP contribution in [0.2, 0.25) is 0 Å². The Labute approximate surface area is 83.2 Å². The molecule has 1 rings (SSSR count). The van der Waals surface area contributed by atoms with Gasteiger partial charge in [-0.3, -0.25) is 0 Å². The summed E-state index contributed by atoms with van der Waals surface area (Å²) in [5.74, 6) is 0. The van der Waals surface area contributed by atoms with E-state index in [0.29, 0.717) is 0 Å². The van der Waals surface area contributed by atoms with Crippen LogP contribution in [-0.4, -0.2) is 48.0 Å². The van der Waals surface area contributed by atoms with E-state index in [1.165, 1.54) is 0 Å². The van der Waals surface area contributed by atoms with Crippen LogP contribution >= 0.6 is 36.8 Å². The molecule has 0 bridgehead atoms. The van der Waals surface area contributed by atoms with E-state index < -0.39 is 0 Å². The van der Waals surface area contributed by atoms with Crippen molar-refractivity contribution in [2.45, 2.75) is 0 Å². The van der Waals surface area contributed by atoms with Crippen LogP contribution in [0.15, 0.2) is 0 Å². The van der Waals surface area contributed by atoms with Crippen LogP contribution in [0.1, 0.15) is 0 Å². The van der Waals surface area contributed by atoms with Gasteiger partial charge in [0.15, 0.2) is 0 Å². The van der Waals surface area contributed by atoms with Gasteiger partial charge in [-0.2, -0.15) is 0 Å². The second-order valence-electron chi connectivity index (χ2n) is 0.544. The molecule has 1 aliphatic heterocycles. The SMILES string of the molecule is S1S[Se][Se]S[Se][Se]S1. The average Bonchev–Trinajstić information content (AvgIpc) is 1.62. The second-order valence-corrected chi connectivity index (χ2v) is 35.8. The predicted molar refractivity (Wildman–Crippen MR) is 53.4 cm³/mol. The van der Waals surface area contributed by atoms with Gasteiger partial charge < -0.3 is 0 Å². The van der Waals surface area contributed by atoms with Crippen LogP contribution in [0.5, 0.6) is 0 Å². The fourth-order valence-corrected chi connectivity index (χ4v) is 94.8. The van der Waals surface area contributed by atoms with Gasteiger partial charge in [-0.25, -0.2) is 0 Å². The van der Waals surface area contributed by atoms with Crippen LogP contribution in [0.3, 0.4) is 0 Å². The van der Waals surface area contributed by atoms with Gasteiger partial charge in [-0.15, -0.1) is 0 Å². The average molecular weight is 444 g/mol. The Morgan fingerprint density at radius 2 is 1.38 bits per heavy atom. The van der Waals surface area contributed by atoms with Crippen LogP contribution < -0.4 is 0 Å². The molecule has 0 spiro atoms. The first-order valence-corrected chi connectivity index (χ1v) is 22.4. The summed E-state index contributed by atoms with van der Waals surface area (Å²) in [7, 11) is 8.50. The van der Waals surface area contributed by atoms with Crippen molar-refractivity contribution in [3.63, 3.8) is 0 Å². The first-order chi connectivity index (χ1) is 4.00. The number of rotatable bonds is 0. The zero-order chi connectivity index (χ0) is 5.66. The molecule has 8 heteroatoms. The Hall–Kier alpha value is 3.48. The fourth-order valence-electron chi connectivity index (χ4n) is 0.0907. The van der Waals surface area contributed by atoms with Crippen LogP contribution in [0.4, 0.5) is 0 Å². The molecule has 0 aromatic heterocycles. The Morgan fingerprint density at radius 3 is 2.00 bits per heavy atom. The monoisotopic (exact) mass is 448 g/mol. The van der Waals surface area contributed by atoms with E-state index in [-0.39, 0.29) is 0 Å². The topological polar surface area (TPSA) is 0 Å². The van der Waals surface area contributed by atoms with E-state index in [0.717, 1.165) is 48.0 Å². The number of hydrogen-bond acceptors (Lipinski definition) is 4. The molecule has 0 aromatic rings. The van der Waals surface area contributed by atoms with Crippen LogP contribution in [-0.2, 0) is 0 Å². The van der Waals surface area contributed by atoms with Crippen molar-refractivity contribution in [3.05, 3.63) is 0 Å². The van der Waals surface area contributed by atoms with Crippen molar-refractivity contribution >= 4 is 84.9 Å². The zero-order valence-corrected chi connectivity index (χ0v) is 13.4. The zero-order valence-electron chi connectivity index (χ0n) is 3.27. The molecule has 0 aromatic carbocycles. The van der Waals surface area contributed by atoms with Gasteiger partial charge in [0, 0.05) is 0 Å². The summed E-state index contributed by atoms with van der Waals surface area (Å²) in [5.41, 5.74) is 0. The van der Waals surface area contributed by atoms with Crippen molar-refractivity contribution in [1.29, 1.82) is 0 Å². The molecule has 0 unspecified atom stereocenters. The minimum atomic E-state index is 0.938. The molecule has 0 nitrogen and oxygen atoms in total. The Morgan fingerprint density at radius 1 is 0.750 bits per heavy atom. The second kappa shape index (κ2) is 7.14. The molecule has 8 heavy (non-hydrogen) atoms. The molecule has 1 fully saturated rings. The summed E-state index contributed by atoms with van der Waals surface area (Å²) in [6.45, 7) is 0. The van der Waals surface area contributed by atoms with Gasteiger partial charge in [0.1, 0.15) is 0 Å². The maximum atomic E-state index is 2.25. The third-order valence-corrected chi connectivity index (χ3v) is 58.2. The molecule has 0 radical (unpaired) electrons. The van der Waals surface area contributed by atoms with Crippen LogP contribution in [0.25, 0.3) is 0 Å². The Bertz CT molecular complexity index is 32.0. The van der Waals surface area contributed by atoms with Gasteiger partial charge in [-0.05, 0) is 0 Å². The maximum absolute atomic E-state index is 2.25. The van der Waals surface area contributed by atoms with E-state index in [4.69, 9.17) is 0 Å². The molecule has 0 N–H and O–H groups in total. The van der Waals surface area contributed by atoms with Gasteiger partial charge in [0.2, 0.25) is 0 Å². The first-order valence-electron chi connectivity index (χ1n) is 1.33. The quantitative estimate of drug-likeness (QED) is 0.405. The van der Waals surface area contributed by atoms with Gasteiger partial charge in [-0.1, -0.05) is 0 Å². The normalized spacial score (nSPS) is 24.0. The summed E-state index contributed by atoms with van der Waals surface area (Å²) in [4.78, 5) is 0. The third-order valence-electron chi connectivity index (χ3n) is 0.222. The van der Waals surface area contributed by atoms with Crippen molar-refractivity contribution in [2.75, 3.05) is 0 Å². The summed E-state index contributed by atoms with van der Waals surface area (Å²) in [6.07, 6.45) is 0. The van der Waals surface area contributed by atoms with Crippen molar-refractivity contribution < 1.29 is 0 Å². The molecule has 0 amide bonds. The van der Waals surface area contributed by atoms with E-state index >= 15 is 0 Å². The molecule has 1 saturated heterocycles. The predicted octanol–water partition coefficient (Wildman–Crippen LogP) is 1.07. The number of hydrogen-bond donors (Lipinski definition) is 0. The first kappa shape index (κ1) is 9.57. The van der Waals surface area contributed by atoms with Crippen molar-refractivity contribution in [3.8, 4) is 0 Å². The molecular formula is S4Se4. The van der Waals surface area contributed by atoms with Crippen LogP contribution in [0, 0.1) is 0 Å². The summed E-state index contributed by atoms with van der Waals surface area (Å²) in [5, 5.41) is 0. The van der Waals surface area contributed by atoms with E-state index in [1.54, 1.807) is 0 Å². The third kappa shape index (κ3) is 5.17. The molecule has 1 heterocycles. The fraction of sp³-hybridized carbons (Fsp3) is 0. The summed E-state index contributed by atoms with van der Waals surface area (Å²) in [6, 6.07) is 0. The summed E-state index contributed by atoms with van der Waals surface area (Å²) < 4.78 is 0. The minimum absolute atomic E-state index is 0.938. The van der Waals surface area contributed by atoms with E-state index in [1.807, 2.05) is 9.83 Å². The summed E-state index contributed by atoms with van der Waals surface area (Å²) >= 11 is 3.84. The standard InChI is InChI=1S/S4Se4/c1-2-5-7-4-8-6-3-1. The van der Waals surface area contributed by atoms with E-state index in [2.05, 4.69) is 27.0 Å². The van der Waals surface area contributed by atoms with Gasteiger partial charge in [0.25, 0.3) is 0 Å². The molecule has 48 valence electrons. The Kier molecular flexibility index (Phi) is 8.54. The van der Waals surface area contributed by atoms with Crippen molar-refractivity contribution in [1.82, 2.24) is 0 Å². The molecule has 0 atom stereocenters. The molecule has 1 aliphatic rings.